The Bertz CT molecular complexity index is 736. The molecule has 1 N–H and O–H groups in total. The van der Waals surface area contributed by atoms with E-state index in [2.05, 4.69) is 58.7 Å². The van der Waals surface area contributed by atoms with Crippen LogP contribution in [-0.4, -0.2) is 41.2 Å². The van der Waals surface area contributed by atoms with Crippen LogP contribution in [0.5, 0.6) is 0 Å². The third-order valence-electron chi connectivity index (χ3n) is 5.20. The summed E-state index contributed by atoms with van der Waals surface area (Å²) < 4.78 is 0. The summed E-state index contributed by atoms with van der Waals surface area (Å²) in [6.07, 6.45) is 3.92. The molecule has 2 heterocycles. The van der Waals surface area contributed by atoms with E-state index >= 15 is 0 Å². The number of hydrogen-bond donors (Lipinski definition) is 1. The zero-order chi connectivity index (χ0) is 19.8. The molecule has 6 heteroatoms. The van der Waals surface area contributed by atoms with Crippen LogP contribution in [0.15, 0.2) is 34.5 Å². The number of likely N-dealkylation sites (tertiary alicyclic amines) is 1. The maximum absolute atomic E-state index is 12.1. The van der Waals surface area contributed by atoms with Crippen LogP contribution in [0, 0.1) is 12.8 Å². The van der Waals surface area contributed by atoms with Gasteiger partial charge in [-0.25, -0.2) is 4.98 Å². The fraction of sp³-hybridized carbons (Fsp3) is 0.545. The van der Waals surface area contributed by atoms with E-state index in [4.69, 9.17) is 0 Å². The highest BCUT2D eigenvalue weighted by Crippen LogP contribution is 2.21. The highest BCUT2D eigenvalue weighted by Gasteiger charge is 2.20. The molecule has 152 valence electrons. The van der Waals surface area contributed by atoms with E-state index < -0.39 is 0 Å². The van der Waals surface area contributed by atoms with Gasteiger partial charge in [-0.3, -0.25) is 9.69 Å². The van der Waals surface area contributed by atoms with Crippen molar-refractivity contribution >= 4 is 29.0 Å². The van der Waals surface area contributed by atoms with Gasteiger partial charge in [0.15, 0.2) is 0 Å². The van der Waals surface area contributed by atoms with Crippen molar-refractivity contribution in [3.8, 4) is 0 Å². The lowest BCUT2D eigenvalue weighted by molar-refractivity contribution is -0.120. The molecule has 0 radical (unpaired) electrons. The van der Waals surface area contributed by atoms with Crippen LogP contribution in [0.2, 0.25) is 0 Å². The molecule has 1 amide bonds. The largest absolute Gasteiger partial charge is 0.356 e. The summed E-state index contributed by atoms with van der Waals surface area (Å²) in [5.41, 5.74) is 2.48. The van der Waals surface area contributed by atoms with E-state index in [1.54, 1.807) is 23.1 Å². The summed E-state index contributed by atoms with van der Waals surface area (Å²) in [6.45, 7) is 8.23. The predicted octanol–water partition coefficient (Wildman–Crippen LogP) is 4.52. The standard InChI is InChI=1S/C22H31N3OS2/c1-3-22-24-19(16-28-22)15-25-11-8-18(9-12-25)14-23-21(26)10-13-27-20-6-4-17(2)5-7-20/h4-7,16,18H,3,8-15H2,1-2H3,(H,23,26). The smallest absolute Gasteiger partial charge is 0.220 e. The number of rotatable bonds is 9. The fourth-order valence-corrected chi connectivity index (χ4v) is 4.99. The number of aryl methyl sites for hydroxylation is 2. The first-order valence-corrected chi connectivity index (χ1v) is 12.1. The molecule has 1 aliphatic rings. The number of thiazole rings is 1. The van der Waals surface area contributed by atoms with Gasteiger partial charge in [-0.1, -0.05) is 24.6 Å². The van der Waals surface area contributed by atoms with Crippen LogP contribution in [0.3, 0.4) is 0 Å². The Hall–Kier alpha value is -1.37. The quantitative estimate of drug-likeness (QED) is 0.609. The lowest BCUT2D eigenvalue weighted by atomic mass is 9.96. The van der Waals surface area contributed by atoms with E-state index in [0.717, 1.165) is 51.2 Å². The summed E-state index contributed by atoms with van der Waals surface area (Å²) in [5.74, 6) is 1.61. The predicted molar refractivity (Wildman–Crippen MR) is 119 cm³/mol. The van der Waals surface area contributed by atoms with E-state index in [-0.39, 0.29) is 5.91 Å². The number of carbonyl (C=O) groups is 1. The number of carbonyl (C=O) groups excluding carboxylic acids is 1. The Morgan fingerprint density at radius 1 is 1.29 bits per heavy atom. The third kappa shape index (κ3) is 6.90. The van der Waals surface area contributed by atoms with Crippen molar-refractivity contribution in [2.75, 3.05) is 25.4 Å². The topological polar surface area (TPSA) is 45.2 Å². The highest BCUT2D eigenvalue weighted by atomic mass is 32.2. The zero-order valence-electron chi connectivity index (χ0n) is 16.9. The van der Waals surface area contributed by atoms with E-state index in [9.17, 15) is 4.79 Å². The maximum Gasteiger partial charge on any atom is 0.220 e. The van der Waals surface area contributed by atoms with Gasteiger partial charge in [-0.05, 0) is 57.3 Å². The molecule has 3 rings (SSSR count). The van der Waals surface area contributed by atoms with Crippen LogP contribution < -0.4 is 5.32 Å². The third-order valence-corrected chi connectivity index (χ3v) is 7.26. The zero-order valence-corrected chi connectivity index (χ0v) is 18.6. The normalized spacial score (nSPS) is 15.6. The first kappa shape index (κ1) is 21.3. The van der Waals surface area contributed by atoms with Gasteiger partial charge in [-0.2, -0.15) is 0 Å². The van der Waals surface area contributed by atoms with Gasteiger partial charge in [0.05, 0.1) is 10.7 Å². The lowest BCUT2D eigenvalue weighted by Gasteiger charge is -2.31. The highest BCUT2D eigenvalue weighted by molar-refractivity contribution is 7.99. The Morgan fingerprint density at radius 2 is 2.04 bits per heavy atom. The molecule has 28 heavy (non-hydrogen) atoms. The van der Waals surface area contributed by atoms with E-state index in [1.165, 1.54) is 21.2 Å². The molecule has 2 aromatic rings. The molecule has 1 fully saturated rings. The number of benzene rings is 1. The second kappa shape index (κ2) is 11.0. The first-order chi connectivity index (χ1) is 13.6. The number of hydrogen-bond acceptors (Lipinski definition) is 5. The average molecular weight is 418 g/mol. The number of thioether (sulfide) groups is 1. The second-order valence-corrected chi connectivity index (χ2v) is 9.63. The summed E-state index contributed by atoms with van der Waals surface area (Å²) in [4.78, 5) is 20.5. The van der Waals surface area contributed by atoms with Gasteiger partial charge in [0, 0.05) is 35.5 Å². The molecule has 1 aromatic heterocycles. The molecule has 0 aliphatic carbocycles. The molecule has 0 bridgehead atoms. The Kier molecular flexibility index (Phi) is 8.37. The SMILES string of the molecule is CCc1nc(CN2CCC(CNC(=O)CCSc3ccc(C)cc3)CC2)cs1. The molecule has 1 aromatic carbocycles. The summed E-state index contributed by atoms with van der Waals surface area (Å²) in [7, 11) is 0. The number of nitrogens with zero attached hydrogens (tertiary/aromatic N) is 2. The molecule has 0 saturated carbocycles. The van der Waals surface area contributed by atoms with Crippen LogP contribution in [-0.2, 0) is 17.8 Å². The minimum absolute atomic E-state index is 0.177. The summed E-state index contributed by atoms with van der Waals surface area (Å²) in [6, 6.07) is 8.48. The molecular weight excluding hydrogens is 386 g/mol. The van der Waals surface area contributed by atoms with Crippen molar-refractivity contribution in [3.05, 3.63) is 45.9 Å². The van der Waals surface area contributed by atoms with Gasteiger partial charge in [0.2, 0.25) is 5.91 Å². The molecule has 0 spiro atoms. The van der Waals surface area contributed by atoms with Crippen molar-refractivity contribution in [2.24, 2.45) is 5.92 Å². The monoisotopic (exact) mass is 417 g/mol. The Labute approximate surface area is 177 Å². The van der Waals surface area contributed by atoms with Gasteiger partial charge in [0.25, 0.3) is 0 Å². The summed E-state index contributed by atoms with van der Waals surface area (Å²) in [5, 5.41) is 6.57. The molecule has 1 saturated heterocycles. The van der Waals surface area contributed by atoms with Crippen LogP contribution in [0.1, 0.15) is 42.5 Å². The van der Waals surface area contributed by atoms with Gasteiger partial charge < -0.3 is 5.32 Å². The maximum atomic E-state index is 12.1. The molecule has 0 atom stereocenters. The fourth-order valence-electron chi connectivity index (χ4n) is 3.40. The minimum atomic E-state index is 0.177. The van der Waals surface area contributed by atoms with Crippen LogP contribution in [0.4, 0.5) is 0 Å². The van der Waals surface area contributed by atoms with Crippen LogP contribution in [0.25, 0.3) is 0 Å². The van der Waals surface area contributed by atoms with E-state index in [0.29, 0.717) is 12.3 Å². The van der Waals surface area contributed by atoms with Crippen molar-refractivity contribution in [1.29, 1.82) is 0 Å². The van der Waals surface area contributed by atoms with Gasteiger partial charge in [0.1, 0.15) is 0 Å². The first-order valence-electron chi connectivity index (χ1n) is 10.2. The number of amides is 1. The van der Waals surface area contributed by atoms with Gasteiger partial charge >= 0.3 is 0 Å². The van der Waals surface area contributed by atoms with E-state index in [1.807, 2.05) is 0 Å². The molecular formula is C22H31N3OS2. The minimum Gasteiger partial charge on any atom is -0.356 e. The molecule has 1 aliphatic heterocycles. The Morgan fingerprint density at radius 3 is 2.71 bits per heavy atom. The van der Waals surface area contributed by atoms with Gasteiger partial charge in [-0.15, -0.1) is 23.1 Å². The van der Waals surface area contributed by atoms with Crippen molar-refractivity contribution in [2.45, 2.75) is 51.0 Å². The average Bonchev–Trinajstić information content (AvgIpc) is 3.16. The summed E-state index contributed by atoms with van der Waals surface area (Å²) >= 11 is 3.52. The lowest BCUT2D eigenvalue weighted by Crippen LogP contribution is -2.38. The number of aromatic nitrogens is 1. The number of piperidine rings is 1. The number of nitrogens with one attached hydrogen (secondary N) is 1. The Balaban J connectivity index is 1.28. The van der Waals surface area contributed by atoms with Crippen molar-refractivity contribution in [1.82, 2.24) is 15.2 Å². The van der Waals surface area contributed by atoms with Crippen LogP contribution >= 0.6 is 23.1 Å². The molecule has 0 unspecified atom stereocenters. The molecule has 4 nitrogen and oxygen atoms in total. The van der Waals surface area contributed by atoms with Crippen molar-refractivity contribution in [3.63, 3.8) is 0 Å². The second-order valence-electron chi connectivity index (χ2n) is 7.52. The van der Waals surface area contributed by atoms with Crippen molar-refractivity contribution < 1.29 is 4.79 Å².